The lowest BCUT2D eigenvalue weighted by Crippen LogP contribution is -2.35. The van der Waals surface area contributed by atoms with Crippen molar-refractivity contribution < 1.29 is 9.18 Å². The lowest BCUT2D eigenvalue weighted by Gasteiger charge is -2.11. The summed E-state index contributed by atoms with van der Waals surface area (Å²) in [6.07, 6.45) is 1.99. The molecule has 0 fully saturated rings. The van der Waals surface area contributed by atoms with E-state index in [1.165, 1.54) is 18.2 Å². The maximum atomic E-state index is 12.8. The van der Waals surface area contributed by atoms with Crippen LogP contribution in [0.15, 0.2) is 30.9 Å². The molecule has 0 aliphatic carbocycles. The summed E-state index contributed by atoms with van der Waals surface area (Å²) in [4.78, 5) is 11.6. The summed E-state index contributed by atoms with van der Waals surface area (Å²) in [5.41, 5.74) is 6.16. The van der Waals surface area contributed by atoms with Gasteiger partial charge in [0, 0.05) is 3.57 Å². The van der Waals surface area contributed by atoms with E-state index in [0.29, 0.717) is 15.7 Å². The molecule has 1 rings (SSSR count). The van der Waals surface area contributed by atoms with Gasteiger partial charge in [-0.1, -0.05) is 6.08 Å². The second kappa shape index (κ2) is 5.95. The summed E-state index contributed by atoms with van der Waals surface area (Å²) in [5.74, 6) is -0.637. The van der Waals surface area contributed by atoms with Crippen molar-refractivity contribution in [1.29, 1.82) is 0 Å². The van der Waals surface area contributed by atoms with Crippen molar-refractivity contribution in [3.8, 4) is 0 Å². The zero-order valence-corrected chi connectivity index (χ0v) is 10.7. The average Bonchev–Trinajstić information content (AvgIpc) is 2.22. The molecule has 0 bridgehead atoms. The largest absolute Gasteiger partial charge is 0.324 e. The number of benzene rings is 1. The first kappa shape index (κ1) is 13.1. The van der Waals surface area contributed by atoms with Crippen molar-refractivity contribution in [3.05, 3.63) is 40.2 Å². The van der Waals surface area contributed by atoms with Gasteiger partial charge in [0.25, 0.3) is 0 Å². The summed E-state index contributed by atoms with van der Waals surface area (Å²) in [6.45, 7) is 3.51. The van der Waals surface area contributed by atoms with Crippen molar-refractivity contribution in [2.45, 2.75) is 12.5 Å². The molecule has 0 saturated heterocycles. The van der Waals surface area contributed by atoms with E-state index in [9.17, 15) is 9.18 Å². The Morgan fingerprint density at radius 2 is 2.38 bits per heavy atom. The summed E-state index contributed by atoms with van der Waals surface area (Å²) in [7, 11) is 0. The molecular formula is C11H12FIN2O. The summed E-state index contributed by atoms with van der Waals surface area (Å²) in [6, 6.07) is 3.51. The molecular weight excluding hydrogens is 322 g/mol. The topological polar surface area (TPSA) is 55.1 Å². The molecule has 1 unspecified atom stereocenters. The van der Waals surface area contributed by atoms with Gasteiger partial charge in [0.05, 0.1) is 11.7 Å². The number of carbonyl (C=O) groups is 1. The molecule has 86 valence electrons. The molecule has 1 aromatic rings. The van der Waals surface area contributed by atoms with Gasteiger partial charge in [-0.15, -0.1) is 6.58 Å². The fourth-order valence-corrected chi connectivity index (χ4v) is 1.72. The van der Waals surface area contributed by atoms with E-state index in [1.807, 2.05) is 22.6 Å². The quantitative estimate of drug-likeness (QED) is 0.656. The molecule has 0 aromatic heterocycles. The Hall–Kier alpha value is -0.950. The fraction of sp³-hybridized carbons (Fsp3) is 0.182. The van der Waals surface area contributed by atoms with Crippen molar-refractivity contribution in [2.75, 3.05) is 5.32 Å². The lowest BCUT2D eigenvalue weighted by atomic mass is 10.2. The maximum Gasteiger partial charge on any atom is 0.241 e. The minimum absolute atomic E-state index is 0.301. The van der Waals surface area contributed by atoms with E-state index in [1.54, 1.807) is 6.08 Å². The molecule has 0 aliphatic rings. The van der Waals surface area contributed by atoms with Crippen LogP contribution in [0, 0.1) is 9.39 Å². The van der Waals surface area contributed by atoms with E-state index >= 15 is 0 Å². The Morgan fingerprint density at radius 1 is 1.69 bits per heavy atom. The van der Waals surface area contributed by atoms with Crippen LogP contribution in [0.25, 0.3) is 0 Å². The zero-order chi connectivity index (χ0) is 12.1. The van der Waals surface area contributed by atoms with Crippen molar-refractivity contribution in [3.63, 3.8) is 0 Å². The van der Waals surface area contributed by atoms with Crippen LogP contribution in [0.5, 0.6) is 0 Å². The second-order valence-electron chi connectivity index (χ2n) is 3.24. The standard InChI is InChI=1S/C11H12FIN2O/c1-2-3-9(14)11(16)15-10-5-4-7(12)6-8(10)13/h2,4-6,9H,1,3,14H2,(H,15,16). The predicted molar refractivity (Wildman–Crippen MR) is 70.5 cm³/mol. The third kappa shape index (κ3) is 3.57. The van der Waals surface area contributed by atoms with Crippen LogP contribution in [-0.4, -0.2) is 11.9 Å². The highest BCUT2D eigenvalue weighted by atomic mass is 127. The number of nitrogens with one attached hydrogen (secondary N) is 1. The summed E-state index contributed by atoms with van der Waals surface area (Å²) >= 11 is 1.95. The highest BCUT2D eigenvalue weighted by Gasteiger charge is 2.13. The Morgan fingerprint density at radius 3 is 2.94 bits per heavy atom. The van der Waals surface area contributed by atoms with Gasteiger partial charge >= 0.3 is 0 Å². The minimum Gasteiger partial charge on any atom is -0.324 e. The first-order valence-electron chi connectivity index (χ1n) is 4.67. The van der Waals surface area contributed by atoms with Crippen LogP contribution < -0.4 is 11.1 Å². The number of hydrogen-bond acceptors (Lipinski definition) is 2. The predicted octanol–water partition coefficient (Wildman–Crippen LogP) is 2.27. The fourth-order valence-electron chi connectivity index (χ4n) is 1.10. The SMILES string of the molecule is C=CCC(N)C(=O)Nc1ccc(F)cc1I. The molecule has 3 nitrogen and oxygen atoms in total. The second-order valence-corrected chi connectivity index (χ2v) is 4.41. The smallest absolute Gasteiger partial charge is 0.241 e. The van der Waals surface area contributed by atoms with E-state index in [0.717, 1.165) is 0 Å². The molecule has 1 atom stereocenters. The first-order chi connectivity index (χ1) is 7.54. The molecule has 5 heteroatoms. The average molecular weight is 334 g/mol. The summed E-state index contributed by atoms with van der Waals surface area (Å²) < 4.78 is 13.4. The molecule has 0 radical (unpaired) electrons. The van der Waals surface area contributed by atoms with Crippen molar-refractivity contribution in [1.82, 2.24) is 0 Å². The number of anilines is 1. The van der Waals surface area contributed by atoms with E-state index in [2.05, 4.69) is 11.9 Å². The first-order valence-corrected chi connectivity index (χ1v) is 5.75. The third-order valence-electron chi connectivity index (χ3n) is 1.95. The molecule has 0 heterocycles. The Labute approximate surface area is 107 Å². The number of nitrogens with two attached hydrogens (primary N) is 1. The normalized spacial score (nSPS) is 11.9. The van der Waals surface area contributed by atoms with Crippen molar-refractivity contribution in [2.24, 2.45) is 5.73 Å². The Bertz CT molecular complexity index is 409. The molecule has 3 N–H and O–H groups in total. The monoisotopic (exact) mass is 334 g/mol. The van der Waals surface area contributed by atoms with Gasteiger partial charge in [0.1, 0.15) is 5.82 Å². The highest BCUT2D eigenvalue weighted by Crippen LogP contribution is 2.19. The number of amides is 1. The molecule has 0 spiro atoms. The third-order valence-corrected chi connectivity index (χ3v) is 2.84. The van der Waals surface area contributed by atoms with Gasteiger partial charge in [0.2, 0.25) is 5.91 Å². The van der Waals surface area contributed by atoms with Gasteiger partial charge in [-0.2, -0.15) is 0 Å². The number of hydrogen-bond donors (Lipinski definition) is 2. The van der Waals surface area contributed by atoms with Crippen LogP contribution in [0.1, 0.15) is 6.42 Å². The van der Waals surface area contributed by atoms with Crippen LogP contribution in [-0.2, 0) is 4.79 Å². The molecule has 0 saturated carbocycles. The van der Waals surface area contributed by atoms with Gasteiger partial charge in [-0.05, 0) is 47.2 Å². The highest BCUT2D eigenvalue weighted by molar-refractivity contribution is 14.1. The van der Waals surface area contributed by atoms with E-state index in [4.69, 9.17) is 5.73 Å². The van der Waals surface area contributed by atoms with E-state index < -0.39 is 6.04 Å². The molecule has 1 amide bonds. The molecule has 0 aliphatic heterocycles. The van der Waals surface area contributed by atoms with Gasteiger partial charge in [0.15, 0.2) is 0 Å². The van der Waals surface area contributed by atoms with E-state index in [-0.39, 0.29) is 11.7 Å². The van der Waals surface area contributed by atoms with Gasteiger partial charge < -0.3 is 11.1 Å². The summed E-state index contributed by atoms with van der Waals surface area (Å²) in [5, 5.41) is 2.64. The van der Waals surface area contributed by atoms with Gasteiger partial charge in [-0.25, -0.2) is 4.39 Å². The Balaban J connectivity index is 2.73. The van der Waals surface area contributed by atoms with Gasteiger partial charge in [-0.3, -0.25) is 4.79 Å². The molecule has 16 heavy (non-hydrogen) atoms. The van der Waals surface area contributed by atoms with Crippen LogP contribution in [0.2, 0.25) is 0 Å². The van der Waals surface area contributed by atoms with Crippen molar-refractivity contribution >= 4 is 34.2 Å². The number of carbonyl (C=O) groups excluding carboxylic acids is 1. The molecule has 1 aromatic carbocycles. The number of halogens is 2. The van der Waals surface area contributed by atoms with Crippen LogP contribution in [0.4, 0.5) is 10.1 Å². The Kier molecular flexibility index (Phi) is 4.88. The number of rotatable bonds is 4. The van der Waals surface area contributed by atoms with Crippen LogP contribution in [0.3, 0.4) is 0 Å². The lowest BCUT2D eigenvalue weighted by molar-refractivity contribution is -0.117. The maximum absolute atomic E-state index is 12.8. The van der Waals surface area contributed by atoms with Crippen LogP contribution >= 0.6 is 22.6 Å². The minimum atomic E-state index is -0.627. The zero-order valence-electron chi connectivity index (χ0n) is 8.54.